The van der Waals surface area contributed by atoms with Crippen LogP contribution in [0.5, 0.6) is 11.5 Å². The molecule has 0 heterocycles. The molecular weight excluding hydrogens is 228 g/mol. The molecule has 0 spiro atoms. The number of nitrogens with zero attached hydrogens (tertiary/aromatic N) is 1. The summed E-state index contributed by atoms with van der Waals surface area (Å²) in [5.74, 6) is 0.535. The van der Waals surface area contributed by atoms with Gasteiger partial charge in [0, 0.05) is 6.54 Å². The fraction of sp³-hybridized carbons (Fsp3) is 0.400. The highest BCUT2D eigenvalue weighted by Gasteiger charge is 2.23. The molecule has 1 atom stereocenters. The second-order valence-corrected chi connectivity index (χ2v) is 3.27. The Labute approximate surface area is 97.9 Å². The number of nitro benzene ring substituents is 1. The molecule has 0 aliphatic rings. The molecule has 0 fully saturated rings. The Morgan fingerprint density at radius 3 is 2.35 bits per heavy atom. The lowest BCUT2D eigenvalue weighted by molar-refractivity contribution is -0.386. The molecule has 94 valence electrons. The van der Waals surface area contributed by atoms with Crippen LogP contribution in [-0.2, 0) is 0 Å². The van der Waals surface area contributed by atoms with Gasteiger partial charge in [-0.3, -0.25) is 10.1 Å². The molecule has 0 aliphatic heterocycles. The fourth-order valence-corrected chi connectivity index (χ4v) is 1.44. The van der Waals surface area contributed by atoms with Crippen molar-refractivity contribution in [1.29, 1.82) is 0 Å². The number of methoxy groups -OCH3 is 2. The topological polar surface area (TPSA) is 108 Å². The molecule has 0 amide bonds. The Hall–Kier alpha value is -1.86. The molecule has 0 saturated heterocycles. The summed E-state index contributed by atoms with van der Waals surface area (Å²) in [6.45, 7) is -0.115. The highest BCUT2D eigenvalue weighted by Crippen LogP contribution is 2.36. The Bertz CT molecular complexity index is 421. The summed E-state index contributed by atoms with van der Waals surface area (Å²) in [7, 11) is 2.78. The van der Waals surface area contributed by atoms with Gasteiger partial charge >= 0.3 is 0 Å². The third-order valence-corrected chi connectivity index (χ3v) is 2.31. The first-order chi connectivity index (χ1) is 8.04. The summed E-state index contributed by atoms with van der Waals surface area (Å²) in [4.78, 5) is 10.3. The number of nitrogens with two attached hydrogens (primary N) is 1. The zero-order valence-corrected chi connectivity index (χ0v) is 9.54. The molecular formula is C10H14N2O5. The Morgan fingerprint density at radius 1 is 1.41 bits per heavy atom. The van der Waals surface area contributed by atoms with Crippen molar-refractivity contribution >= 4 is 5.69 Å². The van der Waals surface area contributed by atoms with E-state index in [9.17, 15) is 15.2 Å². The number of aliphatic hydroxyl groups is 1. The summed E-state index contributed by atoms with van der Waals surface area (Å²) in [6.07, 6.45) is -1.12. The van der Waals surface area contributed by atoms with Crippen molar-refractivity contribution in [1.82, 2.24) is 0 Å². The van der Waals surface area contributed by atoms with Gasteiger partial charge in [-0.05, 0) is 6.07 Å². The maximum atomic E-state index is 10.9. The second-order valence-electron chi connectivity index (χ2n) is 3.27. The van der Waals surface area contributed by atoms with E-state index in [1.165, 1.54) is 26.4 Å². The number of ether oxygens (including phenoxy) is 2. The Kier molecular flexibility index (Phi) is 4.24. The third-order valence-electron chi connectivity index (χ3n) is 2.31. The first kappa shape index (κ1) is 13.2. The van der Waals surface area contributed by atoms with Crippen molar-refractivity contribution in [3.8, 4) is 11.5 Å². The van der Waals surface area contributed by atoms with E-state index in [4.69, 9.17) is 15.2 Å². The van der Waals surface area contributed by atoms with Crippen molar-refractivity contribution in [2.75, 3.05) is 20.8 Å². The number of nitro groups is 1. The standard InChI is InChI=1S/C10H14N2O5/c1-16-9-3-6(8(13)5-11)7(12(14)15)4-10(9)17-2/h3-4,8,13H,5,11H2,1-2H3/t8-/m1/s1. The van der Waals surface area contributed by atoms with E-state index in [0.29, 0.717) is 5.75 Å². The molecule has 1 rings (SSSR count). The van der Waals surface area contributed by atoms with Crippen LogP contribution in [0.15, 0.2) is 12.1 Å². The van der Waals surface area contributed by atoms with Gasteiger partial charge in [-0.15, -0.1) is 0 Å². The normalized spacial score (nSPS) is 12.0. The molecule has 0 radical (unpaired) electrons. The number of rotatable bonds is 5. The van der Waals surface area contributed by atoms with Crippen molar-refractivity contribution in [2.24, 2.45) is 5.73 Å². The molecule has 0 aliphatic carbocycles. The van der Waals surface area contributed by atoms with E-state index in [1.54, 1.807) is 0 Å². The van der Waals surface area contributed by atoms with Gasteiger partial charge in [-0.1, -0.05) is 0 Å². The molecule has 1 aromatic rings. The predicted molar refractivity (Wildman–Crippen MR) is 60.2 cm³/mol. The molecule has 1 aromatic carbocycles. The van der Waals surface area contributed by atoms with Gasteiger partial charge in [-0.2, -0.15) is 0 Å². The largest absolute Gasteiger partial charge is 0.493 e. The van der Waals surface area contributed by atoms with Crippen molar-refractivity contribution in [3.63, 3.8) is 0 Å². The van der Waals surface area contributed by atoms with E-state index in [1.807, 2.05) is 0 Å². The van der Waals surface area contributed by atoms with Gasteiger partial charge < -0.3 is 20.3 Å². The molecule has 0 aromatic heterocycles. The lowest BCUT2D eigenvalue weighted by atomic mass is 10.1. The quantitative estimate of drug-likeness (QED) is 0.578. The van der Waals surface area contributed by atoms with Crippen LogP contribution >= 0.6 is 0 Å². The van der Waals surface area contributed by atoms with Crippen LogP contribution in [0.4, 0.5) is 5.69 Å². The number of benzene rings is 1. The number of hydrogen-bond acceptors (Lipinski definition) is 6. The van der Waals surface area contributed by atoms with E-state index in [-0.39, 0.29) is 23.5 Å². The Morgan fingerprint density at radius 2 is 1.94 bits per heavy atom. The summed E-state index contributed by atoms with van der Waals surface area (Å²) in [5, 5.41) is 20.5. The minimum Gasteiger partial charge on any atom is -0.493 e. The van der Waals surface area contributed by atoms with Crippen LogP contribution in [-0.4, -0.2) is 30.8 Å². The van der Waals surface area contributed by atoms with Gasteiger partial charge in [0.15, 0.2) is 11.5 Å². The molecule has 0 saturated carbocycles. The zero-order valence-electron chi connectivity index (χ0n) is 9.54. The van der Waals surface area contributed by atoms with Gasteiger partial charge in [0.1, 0.15) is 0 Å². The average molecular weight is 242 g/mol. The smallest absolute Gasteiger partial charge is 0.279 e. The molecule has 17 heavy (non-hydrogen) atoms. The molecule has 0 unspecified atom stereocenters. The first-order valence-corrected chi connectivity index (χ1v) is 4.83. The maximum absolute atomic E-state index is 10.9. The molecule has 7 heteroatoms. The van der Waals surface area contributed by atoms with Crippen LogP contribution in [0, 0.1) is 10.1 Å². The number of hydrogen-bond donors (Lipinski definition) is 2. The van der Waals surface area contributed by atoms with Crippen molar-refractivity contribution in [3.05, 3.63) is 27.8 Å². The summed E-state index contributed by atoms with van der Waals surface area (Å²) < 4.78 is 9.96. The Balaban J connectivity index is 3.40. The van der Waals surface area contributed by atoms with E-state index in [2.05, 4.69) is 0 Å². The highest BCUT2D eigenvalue weighted by molar-refractivity contribution is 5.55. The summed E-state index contributed by atoms with van der Waals surface area (Å²) >= 11 is 0. The van der Waals surface area contributed by atoms with Crippen LogP contribution in [0.1, 0.15) is 11.7 Å². The van der Waals surface area contributed by atoms with E-state index >= 15 is 0 Å². The predicted octanol–water partition coefficient (Wildman–Crippen LogP) is 0.604. The zero-order chi connectivity index (χ0) is 13.0. The highest BCUT2D eigenvalue weighted by atomic mass is 16.6. The monoisotopic (exact) mass is 242 g/mol. The van der Waals surface area contributed by atoms with Gasteiger partial charge in [0.05, 0.1) is 36.9 Å². The lowest BCUT2D eigenvalue weighted by Crippen LogP contribution is -2.13. The minimum absolute atomic E-state index is 0.107. The van der Waals surface area contributed by atoms with Crippen LogP contribution in [0.3, 0.4) is 0 Å². The van der Waals surface area contributed by atoms with Crippen molar-refractivity contribution in [2.45, 2.75) is 6.10 Å². The van der Waals surface area contributed by atoms with Crippen molar-refractivity contribution < 1.29 is 19.5 Å². The van der Waals surface area contributed by atoms with Gasteiger partial charge in [0.2, 0.25) is 0 Å². The van der Waals surface area contributed by atoms with E-state index < -0.39 is 11.0 Å². The SMILES string of the molecule is COc1cc([C@H](O)CN)c([N+](=O)[O-])cc1OC. The first-order valence-electron chi connectivity index (χ1n) is 4.83. The van der Waals surface area contributed by atoms with Gasteiger partial charge in [-0.25, -0.2) is 0 Å². The summed E-state index contributed by atoms with van der Waals surface area (Å²) in [5.41, 5.74) is 5.15. The maximum Gasteiger partial charge on any atom is 0.279 e. The minimum atomic E-state index is -1.12. The second kappa shape index (κ2) is 5.46. The van der Waals surface area contributed by atoms with Crippen LogP contribution in [0.25, 0.3) is 0 Å². The van der Waals surface area contributed by atoms with Gasteiger partial charge in [0.25, 0.3) is 5.69 Å². The summed E-state index contributed by atoms with van der Waals surface area (Å²) in [6, 6.07) is 2.56. The molecule has 3 N–H and O–H groups in total. The number of aliphatic hydroxyl groups excluding tert-OH is 1. The molecule has 0 bridgehead atoms. The lowest BCUT2D eigenvalue weighted by Gasteiger charge is -2.13. The fourth-order valence-electron chi connectivity index (χ4n) is 1.44. The van der Waals surface area contributed by atoms with Crippen LogP contribution in [0.2, 0.25) is 0 Å². The molecule has 7 nitrogen and oxygen atoms in total. The average Bonchev–Trinajstić information content (AvgIpc) is 2.35. The van der Waals surface area contributed by atoms with Crippen LogP contribution < -0.4 is 15.2 Å². The third kappa shape index (κ3) is 2.63. The van der Waals surface area contributed by atoms with E-state index in [0.717, 1.165) is 0 Å².